The van der Waals surface area contributed by atoms with Gasteiger partial charge in [-0.3, -0.25) is 4.79 Å². The van der Waals surface area contributed by atoms with Crippen LogP contribution in [0.4, 0.5) is 0 Å². The zero-order valence-electron chi connectivity index (χ0n) is 15.6. The van der Waals surface area contributed by atoms with Gasteiger partial charge in [0.05, 0.1) is 13.2 Å². The van der Waals surface area contributed by atoms with Crippen LogP contribution < -0.4 is 14.8 Å². The molecule has 134 valence electrons. The Morgan fingerprint density at radius 2 is 1.80 bits per heavy atom. The summed E-state index contributed by atoms with van der Waals surface area (Å²) in [6, 6.07) is 13.5. The van der Waals surface area contributed by atoms with E-state index in [1.54, 1.807) is 7.11 Å². The molecule has 2 aromatic rings. The third-order valence-electron chi connectivity index (χ3n) is 4.25. The van der Waals surface area contributed by atoms with E-state index in [1.165, 1.54) is 11.1 Å². The molecule has 1 N–H and O–H groups in total. The van der Waals surface area contributed by atoms with Crippen LogP contribution in [0.25, 0.3) is 0 Å². The topological polar surface area (TPSA) is 47.6 Å². The van der Waals surface area contributed by atoms with Crippen LogP contribution in [0.15, 0.2) is 42.5 Å². The van der Waals surface area contributed by atoms with Gasteiger partial charge in [0.1, 0.15) is 0 Å². The number of rotatable bonds is 7. The maximum absolute atomic E-state index is 12.7. The normalized spacial score (nSPS) is 13.0. The lowest BCUT2D eigenvalue weighted by molar-refractivity contribution is -0.128. The second-order valence-corrected chi connectivity index (χ2v) is 6.26. The number of hydrogen-bond acceptors (Lipinski definition) is 3. The summed E-state index contributed by atoms with van der Waals surface area (Å²) in [4.78, 5) is 12.7. The Morgan fingerprint density at radius 3 is 2.40 bits per heavy atom. The standard InChI is InChI=1S/C21H27NO3/c1-6-18(25-20-10-8-7-9-19(20)24-5)21(23)22-16(4)17-12-11-14(2)13-15(17)3/h7-13,16,18H,6H2,1-5H3,(H,22,23)/t16-,18+/m0/s1. The van der Waals surface area contributed by atoms with Crippen LogP contribution in [-0.2, 0) is 4.79 Å². The number of carbonyl (C=O) groups excluding carboxylic acids is 1. The molecule has 0 aromatic heterocycles. The molecule has 2 rings (SSSR count). The van der Waals surface area contributed by atoms with Crippen LogP contribution in [0.3, 0.4) is 0 Å². The van der Waals surface area contributed by atoms with E-state index in [4.69, 9.17) is 9.47 Å². The third kappa shape index (κ3) is 4.75. The first-order valence-corrected chi connectivity index (χ1v) is 8.63. The van der Waals surface area contributed by atoms with Gasteiger partial charge in [0.2, 0.25) is 0 Å². The lowest BCUT2D eigenvalue weighted by atomic mass is 10.00. The van der Waals surface area contributed by atoms with Crippen molar-refractivity contribution >= 4 is 5.91 Å². The highest BCUT2D eigenvalue weighted by Crippen LogP contribution is 2.27. The fraction of sp³-hybridized carbons (Fsp3) is 0.381. The van der Waals surface area contributed by atoms with Crippen molar-refractivity contribution in [2.75, 3.05) is 7.11 Å². The Labute approximate surface area is 150 Å². The molecule has 0 saturated carbocycles. The molecular weight excluding hydrogens is 314 g/mol. The van der Waals surface area contributed by atoms with Crippen molar-refractivity contribution in [3.8, 4) is 11.5 Å². The first kappa shape index (κ1) is 18.8. The van der Waals surface area contributed by atoms with Gasteiger partial charge in [-0.25, -0.2) is 0 Å². The van der Waals surface area contributed by atoms with Crippen LogP contribution in [-0.4, -0.2) is 19.1 Å². The van der Waals surface area contributed by atoms with Gasteiger partial charge in [-0.2, -0.15) is 0 Å². The zero-order chi connectivity index (χ0) is 18.4. The van der Waals surface area contributed by atoms with Gasteiger partial charge in [-0.05, 0) is 50.5 Å². The highest BCUT2D eigenvalue weighted by molar-refractivity contribution is 5.81. The molecule has 0 aliphatic heterocycles. The van der Waals surface area contributed by atoms with Crippen LogP contribution in [0, 0.1) is 13.8 Å². The molecule has 1 amide bonds. The van der Waals surface area contributed by atoms with Gasteiger partial charge in [-0.1, -0.05) is 42.8 Å². The molecule has 2 atom stereocenters. The second-order valence-electron chi connectivity index (χ2n) is 6.26. The van der Waals surface area contributed by atoms with E-state index in [-0.39, 0.29) is 11.9 Å². The quantitative estimate of drug-likeness (QED) is 0.814. The lowest BCUT2D eigenvalue weighted by Crippen LogP contribution is -2.39. The van der Waals surface area contributed by atoms with E-state index >= 15 is 0 Å². The van der Waals surface area contributed by atoms with Gasteiger partial charge in [0, 0.05) is 0 Å². The minimum absolute atomic E-state index is 0.0802. The summed E-state index contributed by atoms with van der Waals surface area (Å²) < 4.78 is 11.2. The van der Waals surface area contributed by atoms with E-state index in [1.807, 2.05) is 38.1 Å². The molecule has 0 fully saturated rings. The summed E-state index contributed by atoms with van der Waals surface area (Å²) in [5.74, 6) is 1.07. The SMILES string of the molecule is CC[C@@H](Oc1ccccc1OC)C(=O)N[C@@H](C)c1ccc(C)cc1C. The number of para-hydroxylation sites is 2. The Balaban J connectivity index is 2.09. The fourth-order valence-electron chi connectivity index (χ4n) is 2.89. The van der Waals surface area contributed by atoms with Gasteiger partial charge in [0.15, 0.2) is 17.6 Å². The molecule has 25 heavy (non-hydrogen) atoms. The monoisotopic (exact) mass is 341 g/mol. The van der Waals surface area contributed by atoms with Crippen molar-refractivity contribution in [3.05, 3.63) is 59.2 Å². The van der Waals surface area contributed by atoms with Crippen molar-refractivity contribution in [1.82, 2.24) is 5.32 Å². The molecule has 0 saturated heterocycles. The number of methoxy groups -OCH3 is 1. The summed E-state index contributed by atoms with van der Waals surface area (Å²) >= 11 is 0. The van der Waals surface area contributed by atoms with Crippen LogP contribution in [0.1, 0.15) is 43.0 Å². The molecule has 0 aliphatic rings. The van der Waals surface area contributed by atoms with Crippen molar-refractivity contribution in [2.45, 2.75) is 46.3 Å². The Hall–Kier alpha value is -2.49. The first-order chi connectivity index (χ1) is 12.0. The molecule has 0 radical (unpaired) electrons. The van der Waals surface area contributed by atoms with E-state index in [9.17, 15) is 4.79 Å². The highest BCUT2D eigenvalue weighted by atomic mass is 16.5. The molecule has 0 aliphatic carbocycles. The third-order valence-corrected chi connectivity index (χ3v) is 4.25. The number of hydrogen-bond donors (Lipinski definition) is 1. The van der Waals surface area contributed by atoms with Crippen molar-refractivity contribution in [2.24, 2.45) is 0 Å². The molecule has 4 heteroatoms. The van der Waals surface area contributed by atoms with Crippen LogP contribution in [0.2, 0.25) is 0 Å². The molecule has 0 bridgehead atoms. The summed E-state index contributed by atoms with van der Waals surface area (Å²) in [7, 11) is 1.59. The number of carbonyl (C=O) groups is 1. The maximum Gasteiger partial charge on any atom is 0.261 e. The number of ether oxygens (including phenoxy) is 2. The molecule has 0 heterocycles. The van der Waals surface area contributed by atoms with Gasteiger partial charge in [0.25, 0.3) is 5.91 Å². The van der Waals surface area contributed by atoms with Gasteiger partial charge >= 0.3 is 0 Å². The van der Waals surface area contributed by atoms with Crippen molar-refractivity contribution in [3.63, 3.8) is 0 Å². The van der Waals surface area contributed by atoms with Gasteiger partial charge < -0.3 is 14.8 Å². The van der Waals surface area contributed by atoms with Crippen molar-refractivity contribution in [1.29, 1.82) is 0 Å². The summed E-state index contributed by atoms with van der Waals surface area (Å²) in [6.45, 7) is 8.05. The number of benzene rings is 2. The summed E-state index contributed by atoms with van der Waals surface area (Å²) in [5, 5.41) is 3.06. The fourth-order valence-corrected chi connectivity index (χ4v) is 2.89. The number of aryl methyl sites for hydroxylation is 2. The molecule has 4 nitrogen and oxygen atoms in total. The molecular formula is C21H27NO3. The van der Waals surface area contributed by atoms with Crippen molar-refractivity contribution < 1.29 is 14.3 Å². The average molecular weight is 341 g/mol. The molecule has 0 spiro atoms. The minimum atomic E-state index is -0.565. The van der Waals surface area contributed by atoms with E-state index in [2.05, 4.69) is 37.4 Å². The highest BCUT2D eigenvalue weighted by Gasteiger charge is 2.22. The Bertz CT molecular complexity index is 727. The van der Waals surface area contributed by atoms with E-state index in [0.29, 0.717) is 17.9 Å². The van der Waals surface area contributed by atoms with E-state index in [0.717, 1.165) is 5.56 Å². The van der Waals surface area contributed by atoms with Crippen LogP contribution >= 0.6 is 0 Å². The average Bonchev–Trinajstić information content (AvgIpc) is 2.59. The number of amides is 1. The minimum Gasteiger partial charge on any atom is -0.493 e. The first-order valence-electron chi connectivity index (χ1n) is 8.63. The predicted octanol–water partition coefficient (Wildman–Crippen LogP) is 4.35. The largest absolute Gasteiger partial charge is 0.493 e. The van der Waals surface area contributed by atoms with E-state index < -0.39 is 6.10 Å². The molecule has 2 aromatic carbocycles. The Kier molecular flexibility index (Phi) is 6.45. The molecule has 0 unspecified atom stereocenters. The maximum atomic E-state index is 12.7. The Morgan fingerprint density at radius 1 is 1.12 bits per heavy atom. The summed E-state index contributed by atoms with van der Waals surface area (Å²) in [6.07, 6.45) is 0.00763. The second kappa shape index (κ2) is 8.56. The zero-order valence-corrected chi connectivity index (χ0v) is 15.6. The number of nitrogens with one attached hydrogen (secondary N) is 1. The smallest absolute Gasteiger partial charge is 0.261 e. The summed E-state index contributed by atoms with van der Waals surface area (Å²) in [5.41, 5.74) is 3.50. The predicted molar refractivity (Wildman–Crippen MR) is 100 cm³/mol. The van der Waals surface area contributed by atoms with Crippen LogP contribution in [0.5, 0.6) is 11.5 Å². The lowest BCUT2D eigenvalue weighted by Gasteiger charge is -2.22. The van der Waals surface area contributed by atoms with Gasteiger partial charge in [-0.15, -0.1) is 0 Å².